The van der Waals surface area contributed by atoms with Crippen LogP contribution in [0.15, 0.2) is 46.8 Å². The van der Waals surface area contributed by atoms with Gasteiger partial charge in [0.15, 0.2) is 0 Å². The van der Waals surface area contributed by atoms with Crippen LogP contribution in [0.3, 0.4) is 0 Å². The van der Waals surface area contributed by atoms with Crippen LogP contribution >= 0.6 is 11.8 Å². The van der Waals surface area contributed by atoms with Crippen LogP contribution in [0.5, 0.6) is 0 Å². The number of nitrogens with zero attached hydrogens (tertiary/aromatic N) is 3. The van der Waals surface area contributed by atoms with Gasteiger partial charge in [-0.05, 0) is 12.1 Å². The summed E-state index contributed by atoms with van der Waals surface area (Å²) < 4.78 is 0. The van der Waals surface area contributed by atoms with Gasteiger partial charge in [0.05, 0.1) is 12.4 Å². The van der Waals surface area contributed by atoms with Gasteiger partial charge < -0.3 is 5.73 Å². The van der Waals surface area contributed by atoms with E-state index in [-0.39, 0.29) is 0 Å². The molecule has 2 heterocycles. The average Bonchev–Trinajstić information content (AvgIpc) is 2.23. The molecule has 0 bridgehead atoms. The summed E-state index contributed by atoms with van der Waals surface area (Å²) >= 11 is 1.53. The Kier molecular flexibility index (Phi) is 2.60. The Balaban J connectivity index is 2.16. The van der Waals surface area contributed by atoms with Crippen LogP contribution in [0.1, 0.15) is 0 Å². The molecule has 0 aromatic carbocycles. The zero-order valence-electron chi connectivity index (χ0n) is 7.29. The molecular weight excluding hydrogens is 196 g/mol. The standard InChI is InChI=1S/C9H8N4S/c10-8-5-13-9(6-12-8)14-7-1-3-11-4-2-7/h1-6H,(H2,10,12). The molecule has 0 amide bonds. The van der Waals surface area contributed by atoms with Gasteiger partial charge >= 0.3 is 0 Å². The van der Waals surface area contributed by atoms with Crippen LogP contribution in [0.25, 0.3) is 0 Å². The van der Waals surface area contributed by atoms with E-state index in [1.165, 1.54) is 11.8 Å². The first-order valence-corrected chi connectivity index (χ1v) is 4.81. The van der Waals surface area contributed by atoms with Crippen LogP contribution in [-0.2, 0) is 0 Å². The minimum absolute atomic E-state index is 0.434. The second-order valence-corrected chi connectivity index (χ2v) is 3.66. The second-order valence-electron chi connectivity index (χ2n) is 2.56. The molecule has 0 spiro atoms. The molecule has 4 nitrogen and oxygen atoms in total. The predicted octanol–water partition coefficient (Wildman–Crippen LogP) is 1.61. The molecular formula is C9H8N4S. The number of nitrogens with two attached hydrogens (primary N) is 1. The number of rotatable bonds is 2. The molecule has 0 aliphatic carbocycles. The molecule has 0 atom stereocenters. The Labute approximate surface area is 85.6 Å². The maximum Gasteiger partial charge on any atom is 0.141 e. The topological polar surface area (TPSA) is 64.7 Å². The molecule has 2 aromatic heterocycles. The maximum absolute atomic E-state index is 5.43. The van der Waals surface area contributed by atoms with Gasteiger partial charge in [0.25, 0.3) is 0 Å². The van der Waals surface area contributed by atoms with Crippen molar-refractivity contribution in [2.45, 2.75) is 9.92 Å². The van der Waals surface area contributed by atoms with Crippen molar-refractivity contribution in [2.75, 3.05) is 5.73 Å². The van der Waals surface area contributed by atoms with Crippen molar-refractivity contribution >= 4 is 17.6 Å². The van der Waals surface area contributed by atoms with E-state index < -0.39 is 0 Å². The third-order valence-electron chi connectivity index (χ3n) is 1.52. The van der Waals surface area contributed by atoms with E-state index in [0.29, 0.717) is 5.82 Å². The van der Waals surface area contributed by atoms with E-state index in [1.54, 1.807) is 24.8 Å². The van der Waals surface area contributed by atoms with Crippen LogP contribution in [0, 0.1) is 0 Å². The molecule has 2 rings (SSSR count). The first-order valence-electron chi connectivity index (χ1n) is 4.00. The van der Waals surface area contributed by atoms with Gasteiger partial charge in [-0.3, -0.25) is 4.98 Å². The highest BCUT2D eigenvalue weighted by atomic mass is 32.2. The van der Waals surface area contributed by atoms with E-state index in [1.807, 2.05) is 12.1 Å². The van der Waals surface area contributed by atoms with E-state index in [9.17, 15) is 0 Å². The van der Waals surface area contributed by atoms with Gasteiger partial charge in [-0.2, -0.15) is 0 Å². The zero-order valence-corrected chi connectivity index (χ0v) is 8.11. The number of pyridine rings is 1. The summed E-state index contributed by atoms with van der Waals surface area (Å²) in [5.74, 6) is 0.434. The van der Waals surface area contributed by atoms with Crippen molar-refractivity contribution in [1.29, 1.82) is 0 Å². The Morgan fingerprint density at radius 2 is 1.86 bits per heavy atom. The SMILES string of the molecule is Nc1cnc(Sc2ccncc2)cn1. The Morgan fingerprint density at radius 3 is 2.50 bits per heavy atom. The normalized spacial score (nSPS) is 10.0. The molecule has 2 N–H and O–H groups in total. The number of anilines is 1. The van der Waals surface area contributed by atoms with Crippen LogP contribution in [0.2, 0.25) is 0 Å². The molecule has 70 valence electrons. The highest BCUT2D eigenvalue weighted by molar-refractivity contribution is 7.99. The summed E-state index contributed by atoms with van der Waals surface area (Å²) in [5, 5.41) is 0.824. The predicted molar refractivity (Wildman–Crippen MR) is 54.8 cm³/mol. The summed E-state index contributed by atoms with van der Waals surface area (Å²) in [6, 6.07) is 3.84. The first kappa shape index (κ1) is 8.96. The lowest BCUT2D eigenvalue weighted by Gasteiger charge is -1.99. The third-order valence-corrected chi connectivity index (χ3v) is 2.45. The van der Waals surface area contributed by atoms with Gasteiger partial charge in [0, 0.05) is 17.3 Å². The molecule has 0 aliphatic heterocycles. The lowest BCUT2D eigenvalue weighted by Crippen LogP contribution is -1.91. The van der Waals surface area contributed by atoms with Crippen molar-refractivity contribution in [3.8, 4) is 0 Å². The van der Waals surface area contributed by atoms with Crippen molar-refractivity contribution in [3.05, 3.63) is 36.9 Å². The smallest absolute Gasteiger partial charge is 0.141 e. The summed E-state index contributed by atoms with van der Waals surface area (Å²) in [6.45, 7) is 0. The summed E-state index contributed by atoms with van der Waals surface area (Å²) in [5.41, 5.74) is 5.43. The lowest BCUT2D eigenvalue weighted by atomic mass is 10.5. The molecule has 2 aromatic rings. The number of hydrogen-bond donors (Lipinski definition) is 1. The fourth-order valence-electron chi connectivity index (χ4n) is 0.906. The Morgan fingerprint density at radius 1 is 1.07 bits per heavy atom. The fraction of sp³-hybridized carbons (Fsp3) is 0. The minimum atomic E-state index is 0.434. The number of aromatic nitrogens is 3. The monoisotopic (exact) mass is 204 g/mol. The maximum atomic E-state index is 5.43. The Bertz CT molecular complexity index is 401. The second kappa shape index (κ2) is 4.06. The molecule has 5 heteroatoms. The number of hydrogen-bond acceptors (Lipinski definition) is 5. The average molecular weight is 204 g/mol. The van der Waals surface area contributed by atoms with Crippen molar-refractivity contribution in [1.82, 2.24) is 15.0 Å². The quantitative estimate of drug-likeness (QED) is 0.805. The van der Waals surface area contributed by atoms with Gasteiger partial charge in [0.1, 0.15) is 10.8 Å². The molecule has 0 radical (unpaired) electrons. The van der Waals surface area contributed by atoms with Crippen LogP contribution in [-0.4, -0.2) is 15.0 Å². The van der Waals surface area contributed by atoms with Gasteiger partial charge in [-0.1, -0.05) is 11.8 Å². The molecule has 0 fully saturated rings. The summed E-state index contributed by atoms with van der Waals surface area (Å²) in [7, 11) is 0. The van der Waals surface area contributed by atoms with Crippen molar-refractivity contribution in [2.24, 2.45) is 0 Å². The van der Waals surface area contributed by atoms with E-state index in [4.69, 9.17) is 5.73 Å². The van der Waals surface area contributed by atoms with E-state index >= 15 is 0 Å². The highest BCUT2D eigenvalue weighted by Gasteiger charge is 1.97. The fourth-order valence-corrected chi connectivity index (χ4v) is 1.62. The van der Waals surface area contributed by atoms with Crippen LogP contribution < -0.4 is 5.73 Å². The van der Waals surface area contributed by atoms with Crippen LogP contribution in [0.4, 0.5) is 5.82 Å². The molecule has 0 unspecified atom stereocenters. The largest absolute Gasteiger partial charge is 0.382 e. The minimum Gasteiger partial charge on any atom is -0.382 e. The molecule has 0 aliphatic rings. The molecule has 14 heavy (non-hydrogen) atoms. The Hall–Kier alpha value is -1.62. The van der Waals surface area contributed by atoms with Gasteiger partial charge in [-0.15, -0.1) is 0 Å². The van der Waals surface area contributed by atoms with Crippen molar-refractivity contribution in [3.63, 3.8) is 0 Å². The van der Waals surface area contributed by atoms with Crippen molar-refractivity contribution < 1.29 is 0 Å². The highest BCUT2D eigenvalue weighted by Crippen LogP contribution is 2.24. The first-order chi connectivity index (χ1) is 6.84. The third kappa shape index (κ3) is 2.20. The van der Waals surface area contributed by atoms with E-state index in [0.717, 1.165) is 9.92 Å². The summed E-state index contributed by atoms with van der Waals surface area (Å²) in [6.07, 6.45) is 6.68. The zero-order chi connectivity index (χ0) is 9.80. The number of nitrogen functional groups attached to an aromatic ring is 1. The lowest BCUT2D eigenvalue weighted by molar-refractivity contribution is 1.06. The van der Waals surface area contributed by atoms with Gasteiger partial charge in [-0.25, -0.2) is 9.97 Å². The van der Waals surface area contributed by atoms with E-state index in [2.05, 4.69) is 15.0 Å². The molecule has 0 saturated heterocycles. The molecule has 0 saturated carbocycles. The van der Waals surface area contributed by atoms with Gasteiger partial charge in [0.2, 0.25) is 0 Å². The summed E-state index contributed by atoms with van der Waals surface area (Å²) in [4.78, 5) is 13.1.